The molecule has 1 atom stereocenters. The summed E-state index contributed by atoms with van der Waals surface area (Å²) >= 11 is 0. The fourth-order valence-corrected chi connectivity index (χ4v) is 1.26. The van der Waals surface area contributed by atoms with E-state index < -0.39 is 15.9 Å². The molecule has 0 aromatic heterocycles. The normalized spacial score (nSPS) is 14.8. The smallest absolute Gasteiger partial charge is 0.148 e. The molecule has 0 radical (unpaired) electrons. The van der Waals surface area contributed by atoms with Gasteiger partial charge >= 0.3 is 0 Å². The quantitative estimate of drug-likeness (QED) is 0.586. The van der Waals surface area contributed by atoms with Crippen molar-refractivity contribution in [2.75, 3.05) is 25.1 Å². The number of aliphatic hydroxyl groups is 1. The van der Waals surface area contributed by atoms with Gasteiger partial charge in [0.1, 0.15) is 9.84 Å². The third-order valence-corrected chi connectivity index (χ3v) is 2.72. The minimum Gasteiger partial charge on any atom is -0.392 e. The van der Waals surface area contributed by atoms with Gasteiger partial charge in [-0.1, -0.05) is 13.8 Å². The van der Waals surface area contributed by atoms with Gasteiger partial charge in [0, 0.05) is 19.3 Å². The van der Waals surface area contributed by atoms with E-state index in [1.165, 1.54) is 6.26 Å². The first-order valence-corrected chi connectivity index (χ1v) is 6.45. The summed E-state index contributed by atoms with van der Waals surface area (Å²) in [4.78, 5) is 0. The molecule has 80 valence electrons. The summed E-state index contributed by atoms with van der Waals surface area (Å²) in [5, 5.41) is 12.2. The van der Waals surface area contributed by atoms with Crippen LogP contribution in [0.1, 0.15) is 13.8 Å². The monoisotopic (exact) mass is 209 g/mol. The topological polar surface area (TPSA) is 66.4 Å². The van der Waals surface area contributed by atoms with Gasteiger partial charge in [0.15, 0.2) is 0 Å². The van der Waals surface area contributed by atoms with Crippen molar-refractivity contribution in [3.63, 3.8) is 0 Å². The molecule has 0 aliphatic carbocycles. The van der Waals surface area contributed by atoms with Crippen LogP contribution in [0.2, 0.25) is 0 Å². The van der Waals surface area contributed by atoms with Gasteiger partial charge in [-0.2, -0.15) is 0 Å². The summed E-state index contributed by atoms with van der Waals surface area (Å²) in [6.45, 7) is 4.70. The maximum Gasteiger partial charge on any atom is 0.148 e. The lowest BCUT2D eigenvalue weighted by Gasteiger charge is -2.14. The Kier molecular flexibility index (Phi) is 5.51. The lowest BCUT2D eigenvalue weighted by Crippen LogP contribution is -2.33. The largest absolute Gasteiger partial charge is 0.392 e. The molecular formula is C8H19NO3S. The molecular weight excluding hydrogens is 190 g/mol. The second kappa shape index (κ2) is 5.57. The summed E-state index contributed by atoms with van der Waals surface area (Å²) in [6, 6.07) is 0. The molecule has 5 heteroatoms. The molecule has 0 saturated carbocycles. The van der Waals surface area contributed by atoms with Crippen molar-refractivity contribution in [1.29, 1.82) is 0 Å². The van der Waals surface area contributed by atoms with Crippen molar-refractivity contribution in [1.82, 2.24) is 5.32 Å². The van der Waals surface area contributed by atoms with E-state index in [9.17, 15) is 13.5 Å². The van der Waals surface area contributed by atoms with Crippen LogP contribution >= 0.6 is 0 Å². The predicted molar refractivity (Wildman–Crippen MR) is 53.4 cm³/mol. The van der Waals surface area contributed by atoms with Crippen LogP contribution in [0.3, 0.4) is 0 Å². The fourth-order valence-electron chi connectivity index (χ4n) is 0.743. The Morgan fingerprint density at radius 1 is 1.38 bits per heavy atom. The minimum atomic E-state index is -2.89. The van der Waals surface area contributed by atoms with E-state index in [-0.39, 0.29) is 11.7 Å². The van der Waals surface area contributed by atoms with E-state index in [0.29, 0.717) is 13.1 Å². The first-order chi connectivity index (χ1) is 5.83. The maximum atomic E-state index is 10.7. The molecule has 0 aromatic carbocycles. The third-order valence-electron chi connectivity index (χ3n) is 1.77. The standard InChI is InChI=1S/C8H19NO3S/c1-7(2)8(10)6-9-4-5-13(3,11)12/h7-10H,4-6H2,1-3H3. The molecule has 4 nitrogen and oxygen atoms in total. The molecule has 0 bridgehead atoms. The molecule has 0 aliphatic heterocycles. The number of sulfone groups is 1. The molecule has 2 N–H and O–H groups in total. The van der Waals surface area contributed by atoms with Crippen molar-refractivity contribution in [2.45, 2.75) is 20.0 Å². The summed E-state index contributed by atoms with van der Waals surface area (Å²) in [7, 11) is -2.89. The lowest BCUT2D eigenvalue weighted by molar-refractivity contribution is 0.124. The Labute approximate surface area is 80.3 Å². The van der Waals surface area contributed by atoms with Gasteiger partial charge in [-0.3, -0.25) is 0 Å². The van der Waals surface area contributed by atoms with E-state index in [1.54, 1.807) is 0 Å². The van der Waals surface area contributed by atoms with Gasteiger partial charge in [0.25, 0.3) is 0 Å². The third kappa shape index (κ3) is 8.21. The number of aliphatic hydroxyl groups excluding tert-OH is 1. The van der Waals surface area contributed by atoms with E-state index >= 15 is 0 Å². The minimum absolute atomic E-state index is 0.123. The molecule has 0 rings (SSSR count). The molecule has 0 amide bonds. The maximum absolute atomic E-state index is 10.7. The highest BCUT2D eigenvalue weighted by molar-refractivity contribution is 7.90. The highest BCUT2D eigenvalue weighted by Crippen LogP contribution is 1.98. The van der Waals surface area contributed by atoms with Gasteiger partial charge in [0.05, 0.1) is 11.9 Å². The molecule has 0 aliphatic rings. The van der Waals surface area contributed by atoms with E-state index in [0.717, 1.165) is 0 Å². The average Bonchev–Trinajstić information content (AvgIpc) is 1.95. The van der Waals surface area contributed by atoms with Crippen molar-refractivity contribution in [2.24, 2.45) is 5.92 Å². The molecule has 0 aromatic rings. The first-order valence-electron chi connectivity index (χ1n) is 4.39. The van der Waals surface area contributed by atoms with Gasteiger partial charge in [-0.15, -0.1) is 0 Å². The SMILES string of the molecule is CC(C)C(O)CNCCS(C)(=O)=O. The van der Waals surface area contributed by atoms with Crippen molar-refractivity contribution < 1.29 is 13.5 Å². The van der Waals surface area contributed by atoms with Crippen LogP contribution in [-0.4, -0.2) is 44.7 Å². The second-order valence-corrected chi connectivity index (χ2v) is 5.91. The van der Waals surface area contributed by atoms with Crippen LogP contribution in [0.5, 0.6) is 0 Å². The highest BCUT2D eigenvalue weighted by Gasteiger charge is 2.08. The van der Waals surface area contributed by atoms with E-state index in [2.05, 4.69) is 5.32 Å². The van der Waals surface area contributed by atoms with Crippen molar-refractivity contribution >= 4 is 9.84 Å². The van der Waals surface area contributed by atoms with Crippen molar-refractivity contribution in [3.05, 3.63) is 0 Å². The first kappa shape index (κ1) is 12.9. The van der Waals surface area contributed by atoms with Crippen LogP contribution in [-0.2, 0) is 9.84 Å². The molecule has 0 fully saturated rings. The van der Waals surface area contributed by atoms with Crippen molar-refractivity contribution in [3.8, 4) is 0 Å². The molecule has 1 unspecified atom stereocenters. The zero-order valence-electron chi connectivity index (χ0n) is 8.45. The highest BCUT2D eigenvalue weighted by atomic mass is 32.2. The van der Waals surface area contributed by atoms with Gasteiger partial charge in [0.2, 0.25) is 0 Å². The Morgan fingerprint density at radius 2 is 1.92 bits per heavy atom. The van der Waals surface area contributed by atoms with Crippen LogP contribution in [0.4, 0.5) is 0 Å². The summed E-state index contributed by atoms with van der Waals surface area (Å²) in [5.74, 6) is 0.323. The molecule has 0 saturated heterocycles. The number of nitrogens with one attached hydrogen (secondary N) is 1. The van der Waals surface area contributed by atoms with Gasteiger partial charge < -0.3 is 10.4 Å². The summed E-state index contributed by atoms with van der Waals surface area (Å²) < 4.78 is 21.4. The molecule has 0 heterocycles. The molecule has 13 heavy (non-hydrogen) atoms. The van der Waals surface area contributed by atoms with Gasteiger partial charge in [-0.25, -0.2) is 8.42 Å². The number of rotatable bonds is 6. The van der Waals surface area contributed by atoms with Crippen LogP contribution in [0.25, 0.3) is 0 Å². The average molecular weight is 209 g/mol. The number of hydrogen-bond acceptors (Lipinski definition) is 4. The summed E-state index contributed by atoms with van der Waals surface area (Å²) in [6.07, 6.45) is 0.799. The second-order valence-electron chi connectivity index (χ2n) is 3.65. The van der Waals surface area contributed by atoms with Gasteiger partial charge in [-0.05, 0) is 5.92 Å². The Hall–Kier alpha value is -0.130. The predicted octanol–water partition coefficient (Wildman–Crippen LogP) is -0.362. The van der Waals surface area contributed by atoms with Crippen LogP contribution in [0.15, 0.2) is 0 Å². The number of hydrogen-bond donors (Lipinski definition) is 2. The Morgan fingerprint density at radius 3 is 2.31 bits per heavy atom. The zero-order chi connectivity index (χ0) is 10.5. The van der Waals surface area contributed by atoms with E-state index in [1.807, 2.05) is 13.8 Å². The molecule has 0 spiro atoms. The lowest BCUT2D eigenvalue weighted by atomic mass is 10.1. The Balaban J connectivity index is 3.47. The zero-order valence-corrected chi connectivity index (χ0v) is 9.26. The fraction of sp³-hybridized carbons (Fsp3) is 1.00. The van der Waals surface area contributed by atoms with Crippen LogP contribution in [0, 0.1) is 5.92 Å². The van der Waals surface area contributed by atoms with Crippen LogP contribution < -0.4 is 5.32 Å². The van der Waals surface area contributed by atoms with E-state index in [4.69, 9.17) is 0 Å². The Bertz CT molecular complexity index is 224. The summed E-state index contributed by atoms with van der Waals surface area (Å²) in [5.41, 5.74) is 0.